The molecular weight excluding hydrogens is 790 g/mol. The van der Waals surface area contributed by atoms with Crippen molar-refractivity contribution in [2.45, 2.75) is 116 Å². The molecule has 0 spiro atoms. The highest BCUT2D eigenvalue weighted by Crippen LogP contribution is 3.02. The van der Waals surface area contributed by atoms with E-state index in [-0.39, 0.29) is 22.0 Å². The lowest BCUT2D eigenvalue weighted by atomic mass is 9.51. The number of hydrogen-bond donors (Lipinski definition) is 1. The van der Waals surface area contributed by atoms with Gasteiger partial charge in [-0.15, -0.1) is 11.8 Å². The van der Waals surface area contributed by atoms with Gasteiger partial charge in [-0.1, -0.05) is 25.5 Å². The molecule has 1 fully saturated rings. The van der Waals surface area contributed by atoms with Crippen LogP contribution in [0, 0.1) is 0 Å². The molecule has 2 heterocycles. The average Bonchev–Trinajstić information content (AvgIpc) is 3.62. The molecule has 4 aromatic rings. The lowest BCUT2D eigenvalue weighted by Gasteiger charge is -2.49. The second-order valence-electron chi connectivity index (χ2n) is 18.0. The van der Waals surface area contributed by atoms with Crippen LogP contribution in [-0.2, 0) is 10.7 Å². The molecule has 1 aliphatic rings. The Balaban J connectivity index is 0.000000248. The molecule has 1 N–H and O–H groups in total. The van der Waals surface area contributed by atoms with E-state index >= 15 is 0 Å². The standard InChI is InChI=1S/C17H22B2N2S.C14H17B2F5N2S.C10H21BN2/c1-16(2,20(3)4)17(18,19)21-10-9-12-11-14(7-8-15(12)21)22-13-5-6-13;1-13(2,22(3)4)14(15,16)23-8-7-10-9-11(5-6-12(10)23)24(17,18,19,20)21;1-7-8-12-10(4,11)9(2,3)13(5)6/h7-11,13H,5-6H2,1-4H3;5-9H,1-4H3;7-8,12H,1-6H3/b;;8-7-. The van der Waals surface area contributed by atoms with Crippen molar-refractivity contribution in [3.63, 3.8) is 0 Å². The number of fused-ring (bicyclic) bond motifs is 2. The zero-order valence-electron chi connectivity index (χ0n) is 37.2. The molecule has 0 aliphatic heterocycles. The number of nitrogens with one attached hydrogen (secondary N) is 1. The van der Waals surface area contributed by atoms with Gasteiger partial charge < -0.3 is 29.2 Å². The summed E-state index contributed by atoms with van der Waals surface area (Å²) in [6, 6.07) is 11.7. The van der Waals surface area contributed by atoms with Crippen LogP contribution in [0.1, 0.15) is 68.2 Å². The van der Waals surface area contributed by atoms with Crippen molar-refractivity contribution in [3.8, 4) is 0 Å². The van der Waals surface area contributed by atoms with Crippen LogP contribution in [-0.4, -0.2) is 133 Å². The molecule has 1 aliphatic carbocycles. The van der Waals surface area contributed by atoms with Gasteiger partial charge in [0.25, 0.3) is 0 Å². The van der Waals surface area contributed by atoms with E-state index in [1.54, 1.807) is 32.8 Å². The number of benzene rings is 2. The number of rotatable bonds is 13. The summed E-state index contributed by atoms with van der Waals surface area (Å²) in [5.41, 5.74) is -0.395. The van der Waals surface area contributed by atoms with Crippen molar-refractivity contribution < 1.29 is 19.4 Å². The second-order valence-corrected chi connectivity index (χ2v) is 21.7. The first-order valence-electron chi connectivity index (χ1n) is 19.4. The average molecular weight is 850 g/mol. The summed E-state index contributed by atoms with van der Waals surface area (Å²) < 4.78 is 68.1. The fourth-order valence-electron chi connectivity index (χ4n) is 5.78. The second kappa shape index (κ2) is 16.4. The number of likely N-dealkylation sites (N-methyl/N-ethyl adjacent to an activating group) is 3. The molecule has 1 atom stereocenters. The Morgan fingerprint density at radius 3 is 1.42 bits per heavy atom. The fraction of sp³-hybridized carbons (Fsp3) is 0.561. The van der Waals surface area contributed by atoms with E-state index in [1.165, 1.54) is 40.0 Å². The smallest absolute Gasteiger partial charge is 0.310 e. The van der Waals surface area contributed by atoms with Crippen molar-refractivity contribution in [2.24, 2.45) is 0 Å². The van der Waals surface area contributed by atoms with Crippen LogP contribution in [0.5, 0.6) is 0 Å². The number of allylic oxidation sites excluding steroid dienone is 1. The summed E-state index contributed by atoms with van der Waals surface area (Å²) in [6.45, 7) is 15.8. The van der Waals surface area contributed by atoms with Crippen LogP contribution >= 0.6 is 22.0 Å². The van der Waals surface area contributed by atoms with Gasteiger partial charge in [-0.2, -0.15) is 0 Å². The normalized spacial score (nSPS) is 17.1. The first kappa shape index (κ1) is 51.0. The van der Waals surface area contributed by atoms with E-state index in [1.807, 2.05) is 76.8 Å². The maximum atomic E-state index is 12.9. The van der Waals surface area contributed by atoms with Crippen molar-refractivity contribution >= 4 is 83.0 Å². The Labute approximate surface area is 361 Å². The molecule has 2 aromatic carbocycles. The zero-order chi connectivity index (χ0) is 45.7. The van der Waals surface area contributed by atoms with E-state index in [9.17, 15) is 19.4 Å². The minimum atomic E-state index is -9.73. The number of nitrogens with zero attached hydrogens (tertiary/aromatic N) is 5. The molecular formula is C41H60B5F5N6S2. The first-order valence-corrected chi connectivity index (χ1v) is 22.2. The van der Waals surface area contributed by atoms with E-state index in [2.05, 4.69) is 67.1 Å². The van der Waals surface area contributed by atoms with Gasteiger partial charge in [-0.3, -0.25) is 0 Å². The topological polar surface area (TPSA) is 31.6 Å². The monoisotopic (exact) mass is 850 g/mol. The molecule has 1 saturated carbocycles. The van der Waals surface area contributed by atoms with Gasteiger partial charge in [0, 0.05) is 66.4 Å². The number of aromatic nitrogens is 2. The predicted octanol–water partition coefficient (Wildman–Crippen LogP) is 9.10. The van der Waals surface area contributed by atoms with Gasteiger partial charge >= 0.3 is 10.2 Å². The number of thioether (sulfide) groups is 1. The molecule has 0 amide bonds. The zero-order valence-corrected chi connectivity index (χ0v) is 38.9. The van der Waals surface area contributed by atoms with Gasteiger partial charge in [0.1, 0.15) is 12.7 Å². The quantitative estimate of drug-likeness (QED) is 0.107. The predicted molar refractivity (Wildman–Crippen MR) is 249 cm³/mol. The van der Waals surface area contributed by atoms with E-state index in [0.29, 0.717) is 12.1 Å². The molecule has 316 valence electrons. The third-order valence-corrected chi connectivity index (χ3v) is 15.0. The largest absolute Gasteiger partial charge is 0.393 e. The van der Waals surface area contributed by atoms with E-state index in [4.69, 9.17) is 39.2 Å². The molecule has 10 radical (unpaired) electrons. The number of halogens is 5. The summed E-state index contributed by atoms with van der Waals surface area (Å²) >= 11 is 1.97. The van der Waals surface area contributed by atoms with Gasteiger partial charge in [0.2, 0.25) is 0 Å². The van der Waals surface area contributed by atoms with Gasteiger partial charge in [0.05, 0.1) is 31.4 Å². The van der Waals surface area contributed by atoms with Crippen molar-refractivity contribution in [1.82, 2.24) is 29.2 Å². The van der Waals surface area contributed by atoms with Gasteiger partial charge in [0.15, 0.2) is 0 Å². The van der Waals surface area contributed by atoms with Gasteiger partial charge in [-0.05, 0) is 176 Å². The molecule has 6 nitrogen and oxygen atoms in total. The summed E-state index contributed by atoms with van der Waals surface area (Å²) in [7, 11) is 33.6. The summed E-state index contributed by atoms with van der Waals surface area (Å²) in [4.78, 5) is 5.34. The van der Waals surface area contributed by atoms with Crippen LogP contribution in [0.4, 0.5) is 19.4 Å². The van der Waals surface area contributed by atoms with Crippen molar-refractivity contribution in [1.29, 1.82) is 0 Å². The van der Waals surface area contributed by atoms with E-state index < -0.39 is 36.8 Å². The molecule has 59 heavy (non-hydrogen) atoms. The highest BCUT2D eigenvalue weighted by molar-refractivity contribution is 8.45. The van der Waals surface area contributed by atoms with Crippen LogP contribution < -0.4 is 5.32 Å². The van der Waals surface area contributed by atoms with Crippen LogP contribution in [0.3, 0.4) is 0 Å². The maximum Gasteiger partial charge on any atom is 0.310 e. The Hall–Kier alpha value is -2.39. The lowest BCUT2D eigenvalue weighted by Crippen LogP contribution is -2.63. The Morgan fingerprint density at radius 1 is 0.644 bits per heavy atom. The summed E-state index contributed by atoms with van der Waals surface area (Å²) in [5, 5.41) is 2.69. The highest BCUT2D eigenvalue weighted by Gasteiger charge is 2.65. The Morgan fingerprint density at radius 2 is 1.05 bits per heavy atom. The first-order chi connectivity index (χ1) is 26.4. The Kier molecular flexibility index (Phi) is 14.2. The SMILES string of the molecule is [B]C(C)(N/C=C\C)C(C)(C)N(C)C.[B]C([B])(n1ccc2cc(S(F)(F)(F)(F)F)ccc21)C(C)(C)N(C)C.[B]C([B])(n1ccc2cc(SC3CC3)ccc21)C(C)(C)N(C)C. The molecule has 2 aromatic heterocycles. The third kappa shape index (κ3) is 11.0. The van der Waals surface area contributed by atoms with Gasteiger partial charge in [-0.25, -0.2) is 0 Å². The maximum absolute atomic E-state index is 12.9. The molecule has 0 bridgehead atoms. The van der Waals surface area contributed by atoms with Crippen LogP contribution in [0.2, 0.25) is 0 Å². The fourth-order valence-corrected chi connectivity index (χ4v) is 7.55. The number of hydrogen-bond acceptors (Lipinski definition) is 5. The van der Waals surface area contributed by atoms with E-state index in [0.717, 1.165) is 16.8 Å². The van der Waals surface area contributed by atoms with Crippen LogP contribution in [0.25, 0.3) is 21.8 Å². The van der Waals surface area contributed by atoms with Crippen molar-refractivity contribution in [3.05, 3.63) is 73.2 Å². The molecule has 5 rings (SSSR count). The third-order valence-electron chi connectivity index (χ3n) is 12.5. The lowest BCUT2D eigenvalue weighted by molar-refractivity contribution is 0.131. The van der Waals surface area contributed by atoms with Crippen LogP contribution in [0.15, 0.2) is 83.0 Å². The Bertz CT molecular complexity index is 2110. The molecule has 18 heteroatoms. The summed E-state index contributed by atoms with van der Waals surface area (Å²) in [6.07, 6.45) is 9.90. The van der Waals surface area contributed by atoms with Crippen molar-refractivity contribution in [2.75, 3.05) is 42.3 Å². The minimum absolute atomic E-state index is 0.0180. The highest BCUT2D eigenvalue weighted by atomic mass is 32.5. The molecule has 1 unspecified atom stereocenters. The minimum Gasteiger partial charge on any atom is -0.393 e. The molecule has 0 saturated heterocycles. The summed E-state index contributed by atoms with van der Waals surface area (Å²) in [5.74, 6) is 0.